The molecule has 0 aliphatic rings. The van der Waals surface area contributed by atoms with Gasteiger partial charge in [-0.3, -0.25) is 0 Å². The molecular formula is C16H14N4O2S. The Morgan fingerprint density at radius 3 is 2.78 bits per heavy atom. The van der Waals surface area contributed by atoms with Crippen LogP contribution < -0.4 is 10.4 Å². The van der Waals surface area contributed by atoms with Gasteiger partial charge in [0.05, 0.1) is 10.6 Å². The largest absolute Gasteiger partial charge is 0.488 e. The Morgan fingerprint density at radius 1 is 1.35 bits per heavy atom. The van der Waals surface area contributed by atoms with E-state index in [0.29, 0.717) is 10.6 Å². The van der Waals surface area contributed by atoms with Crippen LogP contribution in [0.4, 0.5) is 0 Å². The van der Waals surface area contributed by atoms with Crippen molar-refractivity contribution in [3.8, 4) is 23.8 Å². The summed E-state index contributed by atoms with van der Waals surface area (Å²) in [6, 6.07) is 7.72. The van der Waals surface area contributed by atoms with Gasteiger partial charge in [0.25, 0.3) is 0 Å². The summed E-state index contributed by atoms with van der Waals surface area (Å²) in [5, 5.41) is 9.39. The van der Waals surface area contributed by atoms with Crippen molar-refractivity contribution in [2.24, 2.45) is 7.05 Å². The van der Waals surface area contributed by atoms with Crippen molar-refractivity contribution >= 4 is 11.3 Å². The number of tetrazole rings is 1. The fourth-order valence-corrected chi connectivity index (χ4v) is 2.99. The smallest absolute Gasteiger partial charge is 0.368 e. The molecule has 0 saturated heterocycles. The molecule has 0 fully saturated rings. The van der Waals surface area contributed by atoms with Gasteiger partial charge in [-0.1, -0.05) is 24.1 Å². The summed E-state index contributed by atoms with van der Waals surface area (Å²) in [4.78, 5) is 12.8. The molecular weight excluding hydrogens is 312 g/mol. The van der Waals surface area contributed by atoms with Crippen molar-refractivity contribution in [2.45, 2.75) is 13.5 Å². The van der Waals surface area contributed by atoms with Crippen molar-refractivity contribution in [3.63, 3.8) is 0 Å². The van der Waals surface area contributed by atoms with E-state index >= 15 is 0 Å². The predicted molar refractivity (Wildman–Crippen MR) is 87.9 cm³/mol. The van der Waals surface area contributed by atoms with E-state index in [1.807, 2.05) is 31.2 Å². The monoisotopic (exact) mass is 326 g/mol. The number of aromatic nitrogens is 4. The molecule has 3 aromatic rings. The molecule has 7 heteroatoms. The van der Waals surface area contributed by atoms with Crippen LogP contribution in [0.2, 0.25) is 0 Å². The highest BCUT2D eigenvalue weighted by atomic mass is 32.1. The van der Waals surface area contributed by atoms with Crippen LogP contribution in [-0.2, 0) is 13.7 Å². The molecule has 23 heavy (non-hydrogen) atoms. The maximum atomic E-state index is 12.1. The van der Waals surface area contributed by atoms with Crippen molar-refractivity contribution in [1.82, 2.24) is 19.8 Å². The molecule has 116 valence electrons. The topological polar surface area (TPSA) is 61.9 Å². The molecule has 0 saturated carbocycles. The van der Waals surface area contributed by atoms with Crippen LogP contribution in [0.15, 0.2) is 34.4 Å². The third-order valence-corrected chi connectivity index (χ3v) is 4.36. The Morgan fingerprint density at radius 2 is 2.13 bits per heavy atom. The lowest BCUT2D eigenvalue weighted by atomic mass is 10.2. The summed E-state index contributed by atoms with van der Waals surface area (Å²) in [6.07, 6.45) is 5.56. The molecule has 0 amide bonds. The van der Waals surface area contributed by atoms with Gasteiger partial charge in [-0.2, -0.15) is 9.36 Å². The van der Waals surface area contributed by atoms with Crippen LogP contribution in [0.3, 0.4) is 0 Å². The number of para-hydroxylation sites is 1. The van der Waals surface area contributed by atoms with E-state index in [1.165, 1.54) is 20.7 Å². The first-order chi connectivity index (χ1) is 11.1. The maximum absolute atomic E-state index is 12.1. The van der Waals surface area contributed by atoms with Gasteiger partial charge in [0.2, 0.25) is 0 Å². The Labute approximate surface area is 136 Å². The summed E-state index contributed by atoms with van der Waals surface area (Å²) >= 11 is 1.38. The number of rotatable bonds is 4. The van der Waals surface area contributed by atoms with Gasteiger partial charge in [-0.05, 0) is 29.0 Å². The quantitative estimate of drug-likeness (QED) is 0.687. The molecule has 0 aliphatic carbocycles. The maximum Gasteiger partial charge on any atom is 0.368 e. The minimum atomic E-state index is -0.330. The lowest BCUT2D eigenvalue weighted by molar-refractivity contribution is 0.303. The van der Waals surface area contributed by atoms with Crippen molar-refractivity contribution < 1.29 is 4.74 Å². The average Bonchev–Trinajstić information content (AvgIpc) is 3.10. The van der Waals surface area contributed by atoms with Gasteiger partial charge >= 0.3 is 5.69 Å². The number of benzene rings is 1. The second kappa shape index (κ2) is 6.10. The molecule has 2 heterocycles. The van der Waals surface area contributed by atoms with Crippen LogP contribution in [0.25, 0.3) is 5.69 Å². The minimum absolute atomic E-state index is 0.256. The van der Waals surface area contributed by atoms with Crippen molar-refractivity contribution in [1.29, 1.82) is 0 Å². The van der Waals surface area contributed by atoms with E-state index < -0.39 is 0 Å². The zero-order valence-corrected chi connectivity index (χ0v) is 13.5. The fourth-order valence-electron chi connectivity index (χ4n) is 2.14. The normalized spacial score (nSPS) is 10.5. The highest BCUT2D eigenvalue weighted by Crippen LogP contribution is 2.26. The number of aryl methyl sites for hydroxylation is 2. The summed E-state index contributed by atoms with van der Waals surface area (Å²) in [5.74, 6) is 3.41. The van der Waals surface area contributed by atoms with Crippen molar-refractivity contribution in [2.75, 3.05) is 0 Å². The Kier molecular flexibility index (Phi) is 4.00. The summed E-state index contributed by atoms with van der Waals surface area (Å²) < 4.78 is 8.27. The third-order valence-electron chi connectivity index (χ3n) is 3.42. The van der Waals surface area contributed by atoms with Crippen LogP contribution in [-0.4, -0.2) is 19.8 Å². The molecule has 1 aromatic carbocycles. The summed E-state index contributed by atoms with van der Waals surface area (Å²) in [7, 11) is 1.55. The number of thiophene rings is 1. The third kappa shape index (κ3) is 2.76. The second-order valence-corrected chi connectivity index (χ2v) is 5.80. The van der Waals surface area contributed by atoms with Gasteiger partial charge in [-0.15, -0.1) is 17.8 Å². The molecule has 0 atom stereocenters. The summed E-state index contributed by atoms with van der Waals surface area (Å²) in [5.41, 5.74) is 2.06. The fraction of sp³-hybridized carbons (Fsp3) is 0.188. The molecule has 0 aliphatic heterocycles. The Hall–Kier alpha value is -2.85. The van der Waals surface area contributed by atoms with Crippen LogP contribution in [0.5, 0.6) is 5.75 Å². The number of hydrogen-bond acceptors (Lipinski definition) is 5. The zero-order valence-electron chi connectivity index (χ0n) is 12.7. The van der Waals surface area contributed by atoms with Gasteiger partial charge in [0.15, 0.2) is 0 Å². The first-order valence-corrected chi connectivity index (χ1v) is 7.74. The molecule has 0 spiro atoms. The van der Waals surface area contributed by atoms with Gasteiger partial charge < -0.3 is 4.74 Å². The van der Waals surface area contributed by atoms with Gasteiger partial charge in [0.1, 0.15) is 12.4 Å². The lowest BCUT2D eigenvalue weighted by Crippen LogP contribution is -2.22. The van der Waals surface area contributed by atoms with E-state index in [2.05, 4.69) is 16.3 Å². The lowest BCUT2D eigenvalue weighted by Gasteiger charge is -2.09. The molecule has 0 bridgehead atoms. The number of terminal acetylenes is 1. The van der Waals surface area contributed by atoms with E-state index in [4.69, 9.17) is 11.2 Å². The zero-order chi connectivity index (χ0) is 16.4. The average molecular weight is 326 g/mol. The molecule has 2 aromatic heterocycles. The highest BCUT2D eigenvalue weighted by molar-refractivity contribution is 7.11. The summed E-state index contributed by atoms with van der Waals surface area (Å²) in [6.45, 7) is 2.23. The first kappa shape index (κ1) is 15.1. The predicted octanol–water partition coefficient (Wildman–Crippen LogP) is 1.90. The van der Waals surface area contributed by atoms with E-state index in [9.17, 15) is 4.79 Å². The van der Waals surface area contributed by atoms with Crippen molar-refractivity contribution in [3.05, 3.63) is 56.1 Å². The Balaban J connectivity index is 1.97. The van der Waals surface area contributed by atoms with E-state index in [0.717, 1.165) is 16.9 Å². The number of ether oxygens (including phenoxy) is 1. The molecule has 0 radical (unpaired) electrons. The SMILES string of the molecule is C#Cc1scc(-n2nnn(C)c2=O)c1COc1ccccc1C. The van der Waals surface area contributed by atoms with E-state index in [1.54, 1.807) is 12.4 Å². The minimum Gasteiger partial charge on any atom is -0.488 e. The van der Waals surface area contributed by atoms with Crippen LogP contribution in [0.1, 0.15) is 16.0 Å². The number of nitrogens with zero attached hydrogens (tertiary/aromatic N) is 4. The molecule has 3 rings (SSSR count). The first-order valence-electron chi connectivity index (χ1n) is 6.86. The van der Waals surface area contributed by atoms with Crippen LogP contribution >= 0.6 is 11.3 Å². The molecule has 6 nitrogen and oxygen atoms in total. The standard InChI is InChI=1S/C16H14N4O2S/c1-4-15-12(9-22-14-8-6-5-7-11(14)2)13(10-23-15)20-16(21)19(3)17-18-20/h1,5-8,10H,9H2,2-3H3. The van der Waals surface area contributed by atoms with Crippen LogP contribution in [0, 0.1) is 19.3 Å². The highest BCUT2D eigenvalue weighted by Gasteiger charge is 2.17. The molecule has 0 N–H and O–H groups in total. The Bertz CT molecular complexity index is 946. The second-order valence-electron chi connectivity index (χ2n) is 4.92. The van der Waals surface area contributed by atoms with Gasteiger partial charge in [-0.25, -0.2) is 4.79 Å². The molecule has 0 unspecified atom stereocenters. The van der Waals surface area contributed by atoms with E-state index in [-0.39, 0.29) is 12.3 Å². The van der Waals surface area contributed by atoms with Gasteiger partial charge in [0, 0.05) is 18.0 Å². The number of hydrogen-bond donors (Lipinski definition) is 0.